The molecule has 100 valence electrons. The molecule has 0 aliphatic carbocycles. The fraction of sp³-hybridized carbons (Fsp3) is 0.333. The molecule has 0 N–H and O–H groups in total. The van der Waals surface area contributed by atoms with Crippen LogP contribution in [-0.4, -0.2) is 33.7 Å². The van der Waals surface area contributed by atoms with Gasteiger partial charge in [0.25, 0.3) is 5.91 Å². The van der Waals surface area contributed by atoms with Gasteiger partial charge in [-0.15, -0.1) is 11.3 Å². The van der Waals surface area contributed by atoms with Crippen LogP contribution in [0.4, 0.5) is 0 Å². The van der Waals surface area contributed by atoms with Crippen molar-refractivity contribution >= 4 is 44.8 Å². The summed E-state index contributed by atoms with van der Waals surface area (Å²) in [5.74, 6) is 0.578. The van der Waals surface area contributed by atoms with Crippen LogP contribution in [0.15, 0.2) is 28.3 Å². The summed E-state index contributed by atoms with van der Waals surface area (Å²) in [7, 11) is 0. The predicted octanol–water partition coefficient (Wildman–Crippen LogP) is 3.13. The van der Waals surface area contributed by atoms with Gasteiger partial charge in [0, 0.05) is 41.6 Å². The van der Waals surface area contributed by atoms with Crippen molar-refractivity contribution in [3.63, 3.8) is 0 Å². The van der Waals surface area contributed by atoms with E-state index < -0.39 is 0 Å². The van der Waals surface area contributed by atoms with Gasteiger partial charge in [0.2, 0.25) is 0 Å². The molecule has 0 spiro atoms. The third-order valence-corrected chi connectivity index (χ3v) is 4.94. The first kappa shape index (κ1) is 13.1. The number of aromatic nitrogens is 2. The number of carbonyl (C=O) groups is 1. The number of carbonyl (C=O) groups excluding carboxylic acids is 1. The van der Waals surface area contributed by atoms with E-state index in [1.54, 1.807) is 6.20 Å². The number of hydrogen-bond acceptors (Lipinski definition) is 3. The van der Waals surface area contributed by atoms with Gasteiger partial charge >= 0.3 is 0 Å². The summed E-state index contributed by atoms with van der Waals surface area (Å²) >= 11 is 10.6. The quantitative estimate of drug-likeness (QED) is 0.843. The Morgan fingerprint density at radius 2 is 2.37 bits per heavy atom. The molecule has 19 heavy (non-hydrogen) atoms. The lowest BCUT2D eigenvalue weighted by atomic mass is 10.00. The second-order valence-electron chi connectivity index (χ2n) is 4.59. The normalized spacial score (nSPS) is 15.6. The molecule has 2 aromatic heterocycles. The molecule has 0 radical (unpaired) electrons. The van der Waals surface area contributed by atoms with Crippen molar-refractivity contribution in [2.75, 3.05) is 13.1 Å². The van der Waals surface area contributed by atoms with Crippen molar-refractivity contribution in [3.05, 3.63) is 38.2 Å². The molecule has 3 heterocycles. The van der Waals surface area contributed by atoms with E-state index >= 15 is 0 Å². The summed E-state index contributed by atoms with van der Waals surface area (Å²) in [6.07, 6.45) is 3.44. The summed E-state index contributed by atoms with van der Waals surface area (Å²) in [6, 6.07) is 1.87. The van der Waals surface area contributed by atoms with Crippen LogP contribution in [0.3, 0.4) is 0 Å². The third-order valence-electron chi connectivity index (χ3n) is 3.07. The minimum absolute atomic E-state index is 0.116. The van der Waals surface area contributed by atoms with E-state index in [1.165, 1.54) is 11.3 Å². The van der Waals surface area contributed by atoms with Crippen molar-refractivity contribution in [1.29, 1.82) is 0 Å². The molecule has 3 rings (SSSR count). The number of amides is 1. The maximum absolute atomic E-state index is 12.1. The van der Waals surface area contributed by atoms with Crippen LogP contribution in [0.5, 0.6) is 0 Å². The summed E-state index contributed by atoms with van der Waals surface area (Å²) in [4.78, 5) is 14.8. The molecule has 2 aromatic rings. The molecule has 0 atom stereocenters. The summed E-state index contributed by atoms with van der Waals surface area (Å²) in [5, 5.41) is 6.72. The summed E-state index contributed by atoms with van der Waals surface area (Å²) in [6.45, 7) is 2.38. The molecule has 0 saturated carbocycles. The highest BCUT2D eigenvalue weighted by Crippen LogP contribution is 2.25. The topological polar surface area (TPSA) is 38.1 Å². The van der Waals surface area contributed by atoms with Gasteiger partial charge in [-0.2, -0.15) is 5.10 Å². The standard InChI is InChI=1S/C12H11BrClN3OS/c13-9-1-11(19-7-9)12(18)16-3-8(4-16)5-17-6-10(14)2-15-17/h1-2,6-8H,3-5H2. The maximum atomic E-state index is 12.1. The molecule has 1 amide bonds. The average molecular weight is 361 g/mol. The Labute approximate surface area is 128 Å². The van der Waals surface area contributed by atoms with E-state index in [9.17, 15) is 4.79 Å². The zero-order chi connectivity index (χ0) is 13.4. The van der Waals surface area contributed by atoms with Crippen LogP contribution in [0.2, 0.25) is 5.02 Å². The number of hydrogen-bond donors (Lipinski definition) is 0. The van der Waals surface area contributed by atoms with Crippen LogP contribution in [0.1, 0.15) is 9.67 Å². The molecular weight excluding hydrogens is 350 g/mol. The molecule has 1 aliphatic rings. The number of thiophene rings is 1. The lowest BCUT2D eigenvalue weighted by Crippen LogP contribution is -2.51. The minimum atomic E-state index is 0.116. The van der Waals surface area contributed by atoms with E-state index in [0.717, 1.165) is 29.0 Å². The van der Waals surface area contributed by atoms with E-state index in [-0.39, 0.29) is 5.91 Å². The van der Waals surface area contributed by atoms with Gasteiger partial charge in [0.15, 0.2) is 0 Å². The van der Waals surface area contributed by atoms with E-state index in [0.29, 0.717) is 10.9 Å². The van der Waals surface area contributed by atoms with E-state index in [1.807, 2.05) is 27.2 Å². The highest BCUT2D eigenvalue weighted by molar-refractivity contribution is 9.10. The number of rotatable bonds is 3. The van der Waals surface area contributed by atoms with Crippen LogP contribution in [0, 0.1) is 5.92 Å². The van der Waals surface area contributed by atoms with Gasteiger partial charge in [0.05, 0.1) is 16.1 Å². The SMILES string of the molecule is O=C(c1cc(Br)cs1)N1CC(Cn2cc(Cl)cn2)C1. The lowest BCUT2D eigenvalue weighted by Gasteiger charge is -2.38. The Bertz CT molecular complexity index is 606. The molecule has 1 saturated heterocycles. The van der Waals surface area contributed by atoms with Gasteiger partial charge in [-0.25, -0.2) is 0 Å². The molecule has 1 aliphatic heterocycles. The summed E-state index contributed by atoms with van der Waals surface area (Å²) < 4.78 is 2.79. The molecular formula is C12H11BrClN3OS. The second-order valence-corrected chi connectivity index (χ2v) is 6.85. The van der Waals surface area contributed by atoms with Crippen molar-refractivity contribution < 1.29 is 4.79 Å². The minimum Gasteiger partial charge on any atom is -0.337 e. The Morgan fingerprint density at radius 1 is 1.58 bits per heavy atom. The van der Waals surface area contributed by atoms with Crippen LogP contribution in [-0.2, 0) is 6.54 Å². The van der Waals surface area contributed by atoms with Crippen molar-refractivity contribution in [2.24, 2.45) is 5.92 Å². The first-order valence-corrected chi connectivity index (χ1v) is 7.88. The molecule has 7 heteroatoms. The smallest absolute Gasteiger partial charge is 0.263 e. The summed E-state index contributed by atoms with van der Waals surface area (Å²) in [5.41, 5.74) is 0. The third kappa shape index (κ3) is 2.85. The zero-order valence-electron chi connectivity index (χ0n) is 9.92. The fourth-order valence-corrected chi connectivity index (χ4v) is 3.68. The zero-order valence-corrected chi connectivity index (χ0v) is 13.1. The van der Waals surface area contributed by atoms with Crippen LogP contribution < -0.4 is 0 Å². The molecule has 0 bridgehead atoms. The van der Waals surface area contributed by atoms with Crippen LogP contribution in [0.25, 0.3) is 0 Å². The molecule has 0 unspecified atom stereocenters. The molecule has 0 aromatic carbocycles. The Kier molecular flexibility index (Phi) is 3.64. The first-order chi connectivity index (χ1) is 9.11. The van der Waals surface area contributed by atoms with Crippen molar-refractivity contribution in [3.8, 4) is 0 Å². The van der Waals surface area contributed by atoms with Gasteiger partial charge in [0.1, 0.15) is 0 Å². The Hall–Kier alpha value is -0.850. The van der Waals surface area contributed by atoms with Gasteiger partial charge in [-0.1, -0.05) is 11.6 Å². The largest absolute Gasteiger partial charge is 0.337 e. The number of likely N-dealkylation sites (tertiary alicyclic amines) is 1. The number of halogens is 2. The van der Waals surface area contributed by atoms with Gasteiger partial charge < -0.3 is 4.90 Å². The Balaban J connectivity index is 1.54. The first-order valence-electron chi connectivity index (χ1n) is 5.83. The maximum Gasteiger partial charge on any atom is 0.263 e. The predicted molar refractivity (Wildman–Crippen MR) is 78.6 cm³/mol. The second kappa shape index (κ2) is 5.26. The van der Waals surface area contributed by atoms with Crippen LogP contribution >= 0.6 is 38.9 Å². The average Bonchev–Trinajstić information content (AvgIpc) is 2.91. The van der Waals surface area contributed by atoms with E-state index in [4.69, 9.17) is 11.6 Å². The van der Waals surface area contributed by atoms with Gasteiger partial charge in [-0.3, -0.25) is 9.48 Å². The van der Waals surface area contributed by atoms with Gasteiger partial charge in [-0.05, 0) is 22.0 Å². The monoisotopic (exact) mass is 359 g/mol. The molecule has 4 nitrogen and oxygen atoms in total. The molecule has 1 fully saturated rings. The van der Waals surface area contributed by atoms with E-state index in [2.05, 4.69) is 21.0 Å². The Morgan fingerprint density at radius 3 is 2.95 bits per heavy atom. The highest BCUT2D eigenvalue weighted by atomic mass is 79.9. The van der Waals surface area contributed by atoms with Crippen molar-refractivity contribution in [2.45, 2.75) is 6.54 Å². The van der Waals surface area contributed by atoms with Crippen molar-refractivity contribution in [1.82, 2.24) is 14.7 Å². The highest BCUT2D eigenvalue weighted by Gasteiger charge is 2.32. The fourth-order valence-electron chi connectivity index (χ4n) is 2.13. The lowest BCUT2D eigenvalue weighted by molar-refractivity contribution is 0.0466. The number of nitrogens with zero attached hydrogens (tertiary/aromatic N) is 3.